The number of carbonyl (C=O) groups excluding carboxylic acids is 1. The van der Waals surface area contributed by atoms with Gasteiger partial charge in [-0.1, -0.05) is 37.3 Å². The Morgan fingerprint density at radius 1 is 1.17 bits per heavy atom. The zero-order valence-corrected chi connectivity index (χ0v) is 15.7. The van der Waals surface area contributed by atoms with Gasteiger partial charge in [-0.15, -0.1) is 0 Å². The van der Waals surface area contributed by atoms with Crippen LogP contribution in [-0.2, 0) is 11.2 Å². The SMILES string of the molecule is CCc1ccc(C(CC(=O)O)NC(=O)c2cc(O)n(-c3cccc(F)c3)n2)cc1. The Morgan fingerprint density at radius 2 is 1.90 bits per heavy atom. The van der Waals surface area contributed by atoms with Gasteiger partial charge in [-0.2, -0.15) is 5.10 Å². The van der Waals surface area contributed by atoms with E-state index in [4.69, 9.17) is 0 Å². The number of aliphatic carboxylic acids is 1. The highest BCUT2D eigenvalue weighted by Crippen LogP contribution is 2.21. The van der Waals surface area contributed by atoms with Crippen LogP contribution in [0.4, 0.5) is 4.39 Å². The molecule has 0 fully saturated rings. The molecule has 1 amide bonds. The number of aromatic nitrogens is 2. The molecule has 0 aliphatic heterocycles. The molecule has 2 aromatic carbocycles. The van der Waals surface area contributed by atoms with Crippen molar-refractivity contribution in [3.63, 3.8) is 0 Å². The van der Waals surface area contributed by atoms with Crippen molar-refractivity contribution in [1.29, 1.82) is 0 Å². The lowest BCUT2D eigenvalue weighted by Gasteiger charge is -2.17. The Balaban J connectivity index is 1.84. The highest BCUT2D eigenvalue weighted by atomic mass is 19.1. The molecule has 150 valence electrons. The minimum atomic E-state index is -1.07. The molecule has 1 aromatic heterocycles. The minimum Gasteiger partial charge on any atom is -0.493 e. The van der Waals surface area contributed by atoms with Crippen molar-refractivity contribution in [3.05, 3.63) is 77.2 Å². The number of hydrogen-bond donors (Lipinski definition) is 3. The van der Waals surface area contributed by atoms with Crippen LogP contribution >= 0.6 is 0 Å². The van der Waals surface area contributed by atoms with E-state index < -0.39 is 23.7 Å². The van der Waals surface area contributed by atoms with Crippen molar-refractivity contribution in [2.24, 2.45) is 0 Å². The molecule has 3 N–H and O–H groups in total. The monoisotopic (exact) mass is 397 g/mol. The molecule has 29 heavy (non-hydrogen) atoms. The van der Waals surface area contributed by atoms with Crippen molar-refractivity contribution in [2.75, 3.05) is 0 Å². The minimum absolute atomic E-state index is 0.118. The fourth-order valence-electron chi connectivity index (χ4n) is 2.92. The number of benzene rings is 2. The standard InChI is InChI=1S/C21H20FN3O4/c1-2-13-6-8-14(9-7-13)17(12-20(27)28)23-21(29)18-11-19(26)25(24-18)16-5-3-4-15(22)10-16/h3-11,17,26H,2,12H2,1H3,(H,23,29)(H,27,28). The Labute approximate surface area is 166 Å². The maximum atomic E-state index is 13.4. The van der Waals surface area contributed by atoms with Gasteiger partial charge in [0.2, 0.25) is 5.88 Å². The maximum absolute atomic E-state index is 13.4. The lowest BCUT2D eigenvalue weighted by Crippen LogP contribution is -2.30. The second kappa shape index (κ2) is 8.55. The van der Waals surface area contributed by atoms with Crippen LogP contribution in [0.2, 0.25) is 0 Å². The molecule has 1 atom stereocenters. The number of nitrogens with zero attached hydrogens (tertiary/aromatic N) is 2. The molecule has 0 spiro atoms. The van der Waals surface area contributed by atoms with Crippen molar-refractivity contribution in [1.82, 2.24) is 15.1 Å². The molecule has 0 saturated carbocycles. The number of hydrogen-bond acceptors (Lipinski definition) is 4. The molecule has 0 saturated heterocycles. The van der Waals surface area contributed by atoms with Gasteiger partial charge < -0.3 is 15.5 Å². The molecule has 0 radical (unpaired) electrons. The number of carboxylic acid groups (broad SMARTS) is 1. The van der Waals surface area contributed by atoms with Crippen LogP contribution < -0.4 is 5.32 Å². The van der Waals surface area contributed by atoms with E-state index in [9.17, 15) is 24.2 Å². The second-order valence-corrected chi connectivity index (χ2v) is 6.50. The predicted molar refractivity (Wildman–Crippen MR) is 103 cm³/mol. The number of rotatable bonds is 7. The fraction of sp³-hybridized carbons (Fsp3) is 0.190. The summed E-state index contributed by atoms with van der Waals surface area (Å²) in [5.74, 6) is -2.58. The highest BCUT2D eigenvalue weighted by molar-refractivity contribution is 5.93. The van der Waals surface area contributed by atoms with E-state index >= 15 is 0 Å². The number of aryl methyl sites for hydroxylation is 1. The smallest absolute Gasteiger partial charge is 0.305 e. The summed E-state index contributed by atoms with van der Waals surface area (Å²) in [6.45, 7) is 2.01. The third-order valence-electron chi connectivity index (χ3n) is 4.45. The van der Waals surface area contributed by atoms with E-state index in [1.165, 1.54) is 18.2 Å². The molecule has 0 aliphatic rings. The Kier molecular flexibility index (Phi) is 5.92. The van der Waals surface area contributed by atoms with Gasteiger partial charge in [0.1, 0.15) is 5.82 Å². The average molecular weight is 397 g/mol. The summed E-state index contributed by atoms with van der Waals surface area (Å²) in [5.41, 5.74) is 1.87. The van der Waals surface area contributed by atoms with Gasteiger partial charge in [0.15, 0.2) is 5.69 Å². The summed E-state index contributed by atoms with van der Waals surface area (Å²) in [4.78, 5) is 23.9. The van der Waals surface area contributed by atoms with E-state index in [1.54, 1.807) is 12.1 Å². The number of halogens is 1. The van der Waals surface area contributed by atoms with E-state index in [2.05, 4.69) is 10.4 Å². The Morgan fingerprint density at radius 3 is 2.52 bits per heavy atom. The normalized spacial score (nSPS) is 11.8. The zero-order valence-electron chi connectivity index (χ0n) is 15.7. The van der Waals surface area contributed by atoms with Gasteiger partial charge in [0.25, 0.3) is 5.91 Å². The van der Waals surface area contributed by atoms with E-state index in [0.29, 0.717) is 5.56 Å². The fourth-order valence-corrected chi connectivity index (χ4v) is 2.92. The average Bonchev–Trinajstić information content (AvgIpc) is 3.09. The molecule has 0 bridgehead atoms. The molecule has 3 aromatic rings. The third kappa shape index (κ3) is 4.78. The van der Waals surface area contributed by atoms with Gasteiger partial charge in [0, 0.05) is 6.07 Å². The first-order valence-electron chi connectivity index (χ1n) is 9.04. The van der Waals surface area contributed by atoms with E-state index in [-0.39, 0.29) is 23.7 Å². The maximum Gasteiger partial charge on any atom is 0.305 e. The van der Waals surface area contributed by atoms with Crippen LogP contribution in [0.1, 0.15) is 41.0 Å². The van der Waals surface area contributed by atoms with Gasteiger partial charge in [-0.25, -0.2) is 9.07 Å². The van der Waals surface area contributed by atoms with Crippen LogP contribution in [0.25, 0.3) is 5.69 Å². The van der Waals surface area contributed by atoms with Crippen molar-refractivity contribution >= 4 is 11.9 Å². The van der Waals surface area contributed by atoms with Crippen molar-refractivity contribution < 1.29 is 24.2 Å². The van der Waals surface area contributed by atoms with Gasteiger partial charge in [-0.3, -0.25) is 9.59 Å². The lowest BCUT2D eigenvalue weighted by atomic mass is 10.0. The molecule has 1 unspecified atom stereocenters. The zero-order chi connectivity index (χ0) is 21.0. The van der Waals surface area contributed by atoms with Gasteiger partial charge in [0.05, 0.1) is 18.2 Å². The predicted octanol–water partition coefficient (Wildman–Crippen LogP) is 3.23. The quantitative estimate of drug-likeness (QED) is 0.568. The summed E-state index contributed by atoms with van der Waals surface area (Å²) in [5, 5.41) is 25.9. The molecule has 0 aliphatic carbocycles. The molecule has 8 heteroatoms. The van der Waals surface area contributed by atoms with Crippen LogP contribution in [0.3, 0.4) is 0 Å². The van der Waals surface area contributed by atoms with Crippen LogP contribution in [0.15, 0.2) is 54.6 Å². The topological polar surface area (TPSA) is 104 Å². The largest absolute Gasteiger partial charge is 0.493 e. The third-order valence-corrected chi connectivity index (χ3v) is 4.45. The molecular formula is C21H20FN3O4. The summed E-state index contributed by atoms with van der Waals surface area (Å²) in [7, 11) is 0. The Hall–Kier alpha value is -3.68. The second-order valence-electron chi connectivity index (χ2n) is 6.50. The van der Waals surface area contributed by atoms with Gasteiger partial charge >= 0.3 is 5.97 Å². The first-order chi connectivity index (χ1) is 13.9. The van der Waals surface area contributed by atoms with Gasteiger partial charge in [-0.05, 0) is 35.7 Å². The Bertz CT molecular complexity index is 1030. The molecule has 7 nitrogen and oxygen atoms in total. The van der Waals surface area contributed by atoms with Crippen LogP contribution in [-0.4, -0.2) is 31.9 Å². The molecule has 1 heterocycles. The van der Waals surface area contributed by atoms with Crippen molar-refractivity contribution in [3.8, 4) is 11.6 Å². The van der Waals surface area contributed by atoms with Crippen molar-refractivity contribution in [2.45, 2.75) is 25.8 Å². The van der Waals surface area contributed by atoms with Crippen LogP contribution in [0.5, 0.6) is 5.88 Å². The summed E-state index contributed by atoms with van der Waals surface area (Å²) >= 11 is 0. The number of aromatic hydroxyl groups is 1. The first-order valence-corrected chi connectivity index (χ1v) is 9.04. The highest BCUT2D eigenvalue weighted by Gasteiger charge is 2.22. The summed E-state index contributed by atoms with van der Waals surface area (Å²) in [6, 6.07) is 13.1. The van der Waals surface area contributed by atoms with E-state index in [0.717, 1.165) is 28.8 Å². The number of carbonyl (C=O) groups is 2. The lowest BCUT2D eigenvalue weighted by molar-refractivity contribution is -0.137. The summed E-state index contributed by atoms with van der Waals surface area (Å²) < 4.78 is 14.5. The van der Waals surface area contributed by atoms with Crippen LogP contribution in [0, 0.1) is 5.82 Å². The van der Waals surface area contributed by atoms with E-state index in [1.807, 2.05) is 19.1 Å². The number of carboxylic acids is 1. The molecular weight excluding hydrogens is 377 g/mol. The first kappa shape index (κ1) is 20.1. The summed E-state index contributed by atoms with van der Waals surface area (Å²) in [6.07, 6.45) is 0.529. The number of amides is 1. The molecule has 3 rings (SSSR count). The number of nitrogens with one attached hydrogen (secondary N) is 1.